The van der Waals surface area contributed by atoms with Crippen molar-refractivity contribution in [1.82, 2.24) is 15.0 Å². The fourth-order valence-electron chi connectivity index (χ4n) is 3.12. The van der Waals surface area contributed by atoms with E-state index in [1.165, 1.54) is 30.5 Å². The Bertz CT molecular complexity index is 1240. The Morgan fingerprint density at radius 3 is 2.60 bits per heavy atom. The van der Waals surface area contributed by atoms with Crippen molar-refractivity contribution in [1.29, 1.82) is 0 Å². The number of benzene rings is 2. The second-order valence-corrected chi connectivity index (χ2v) is 8.57. The summed E-state index contributed by atoms with van der Waals surface area (Å²) in [5.41, 5.74) is 2.34. The van der Waals surface area contributed by atoms with E-state index in [1.54, 1.807) is 0 Å². The van der Waals surface area contributed by atoms with E-state index in [4.69, 9.17) is 16.3 Å². The Labute approximate surface area is 211 Å². The summed E-state index contributed by atoms with van der Waals surface area (Å²) in [6.45, 7) is 2.01. The molecule has 0 atom stereocenters. The number of alkyl halides is 3. The van der Waals surface area contributed by atoms with Gasteiger partial charge in [-0.05, 0) is 46.3 Å². The molecule has 1 aliphatic rings. The first-order valence-corrected chi connectivity index (χ1v) is 11.4. The van der Waals surface area contributed by atoms with Crippen molar-refractivity contribution in [2.24, 2.45) is 5.10 Å². The number of ether oxygens (including phenoxy) is 1. The molecule has 1 aromatic heterocycles. The number of rotatable bonds is 6. The van der Waals surface area contributed by atoms with Gasteiger partial charge in [-0.1, -0.05) is 17.7 Å². The largest absolute Gasteiger partial charge is 0.506 e. The van der Waals surface area contributed by atoms with Gasteiger partial charge in [0.15, 0.2) is 0 Å². The fraction of sp³-hybridized carbons (Fsp3) is 0.238. The molecule has 184 valence electrons. The molecule has 0 spiro atoms. The fourth-order valence-corrected chi connectivity index (χ4v) is 3.96. The number of nitrogens with zero attached hydrogens (tertiary/aromatic N) is 5. The molecule has 0 amide bonds. The van der Waals surface area contributed by atoms with E-state index in [1.807, 2.05) is 4.90 Å². The van der Waals surface area contributed by atoms with Crippen LogP contribution >= 0.6 is 27.5 Å². The number of halogens is 5. The summed E-state index contributed by atoms with van der Waals surface area (Å²) in [6, 6.07) is 7.74. The second-order valence-electron chi connectivity index (χ2n) is 7.28. The molecule has 0 unspecified atom stereocenters. The third-order valence-corrected chi connectivity index (χ3v) is 5.61. The van der Waals surface area contributed by atoms with E-state index in [0.29, 0.717) is 47.3 Å². The lowest BCUT2D eigenvalue weighted by atomic mass is 10.2. The molecule has 2 aromatic carbocycles. The highest BCUT2D eigenvalue weighted by Gasteiger charge is 2.30. The van der Waals surface area contributed by atoms with Crippen LogP contribution in [0.5, 0.6) is 5.75 Å². The van der Waals surface area contributed by atoms with Crippen molar-refractivity contribution in [3.8, 4) is 5.75 Å². The zero-order chi connectivity index (χ0) is 25.0. The molecule has 2 heterocycles. The highest BCUT2D eigenvalue weighted by Crippen LogP contribution is 2.32. The van der Waals surface area contributed by atoms with Crippen LogP contribution in [-0.4, -0.2) is 52.6 Å². The number of hydrogen-bond acceptors (Lipinski definition) is 9. The molecule has 0 bridgehead atoms. The summed E-state index contributed by atoms with van der Waals surface area (Å²) in [6.07, 6.45) is -3.16. The Kier molecular flexibility index (Phi) is 7.57. The summed E-state index contributed by atoms with van der Waals surface area (Å²) in [5.74, 6) is 0.292. The highest BCUT2D eigenvalue weighted by atomic mass is 79.9. The Balaban J connectivity index is 1.61. The molecule has 3 N–H and O–H groups in total. The molecule has 0 aliphatic carbocycles. The van der Waals surface area contributed by atoms with E-state index in [9.17, 15) is 18.3 Å². The smallest absolute Gasteiger partial charge is 0.416 e. The third-order valence-electron chi connectivity index (χ3n) is 4.79. The maximum atomic E-state index is 13.1. The van der Waals surface area contributed by atoms with Gasteiger partial charge in [-0.3, -0.25) is 0 Å². The molecular weight excluding hydrogens is 555 g/mol. The molecule has 0 radical (unpaired) electrons. The van der Waals surface area contributed by atoms with Crippen LogP contribution in [0.25, 0.3) is 0 Å². The number of nitrogens with one attached hydrogen (secondary N) is 2. The van der Waals surface area contributed by atoms with Crippen molar-refractivity contribution in [2.75, 3.05) is 41.9 Å². The first-order chi connectivity index (χ1) is 16.7. The van der Waals surface area contributed by atoms with Gasteiger partial charge in [-0.25, -0.2) is 5.43 Å². The van der Waals surface area contributed by atoms with E-state index in [-0.39, 0.29) is 23.3 Å². The summed E-state index contributed by atoms with van der Waals surface area (Å²) >= 11 is 9.21. The molecule has 1 saturated heterocycles. The minimum Gasteiger partial charge on any atom is -0.506 e. The Hall–Kier alpha value is -3.16. The summed E-state index contributed by atoms with van der Waals surface area (Å²) < 4.78 is 45.0. The van der Waals surface area contributed by atoms with Gasteiger partial charge < -0.3 is 20.1 Å². The first-order valence-electron chi connectivity index (χ1n) is 10.2. The lowest BCUT2D eigenvalue weighted by Crippen LogP contribution is -2.37. The summed E-state index contributed by atoms with van der Waals surface area (Å²) in [7, 11) is 0. The average Bonchev–Trinajstić information content (AvgIpc) is 2.82. The zero-order valence-electron chi connectivity index (χ0n) is 17.9. The van der Waals surface area contributed by atoms with Crippen molar-refractivity contribution in [2.45, 2.75) is 6.18 Å². The number of phenols is 1. The molecule has 35 heavy (non-hydrogen) atoms. The normalized spacial score (nSPS) is 14.4. The predicted octanol–water partition coefficient (Wildman–Crippen LogP) is 5.04. The van der Waals surface area contributed by atoms with Crippen LogP contribution in [0, 0.1) is 0 Å². The highest BCUT2D eigenvalue weighted by molar-refractivity contribution is 9.10. The van der Waals surface area contributed by atoms with Gasteiger partial charge in [0, 0.05) is 29.4 Å². The monoisotopic (exact) mass is 571 g/mol. The van der Waals surface area contributed by atoms with E-state index in [0.717, 1.165) is 12.1 Å². The molecule has 1 fully saturated rings. The van der Waals surface area contributed by atoms with Crippen LogP contribution in [-0.2, 0) is 10.9 Å². The van der Waals surface area contributed by atoms with E-state index in [2.05, 4.69) is 46.7 Å². The van der Waals surface area contributed by atoms with Gasteiger partial charge in [0.25, 0.3) is 0 Å². The number of phenolic OH excluding ortho intramolecular Hbond substituents is 1. The van der Waals surface area contributed by atoms with E-state index >= 15 is 0 Å². The van der Waals surface area contributed by atoms with Crippen LogP contribution < -0.4 is 15.6 Å². The van der Waals surface area contributed by atoms with Gasteiger partial charge in [0.05, 0.1) is 29.5 Å². The van der Waals surface area contributed by atoms with Crippen molar-refractivity contribution in [3.05, 3.63) is 57.0 Å². The maximum absolute atomic E-state index is 13.1. The molecular formula is C21H18BrClF3N7O2. The summed E-state index contributed by atoms with van der Waals surface area (Å²) in [4.78, 5) is 14.8. The minimum absolute atomic E-state index is 0.0202. The Morgan fingerprint density at radius 2 is 1.86 bits per heavy atom. The SMILES string of the molecule is Oc1c(Br)cc(Cl)cc1C=NNc1nc(Nc2cccc(C(F)(F)F)c2)nc(N2CCOCC2)n1. The number of hydrazone groups is 1. The second kappa shape index (κ2) is 10.6. The number of hydrogen-bond donors (Lipinski definition) is 3. The molecule has 14 heteroatoms. The lowest BCUT2D eigenvalue weighted by molar-refractivity contribution is -0.137. The first kappa shape index (κ1) is 24.9. The maximum Gasteiger partial charge on any atom is 0.416 e. The van der Waals surface area contributed by atoms with Crippen LogP contribution in [0.15, 0.2) is 46.0 Å². The number of anilines is 4. The number of morpholine rings is 1. The number of aromatic hydroxyl groups is 1. The van der Waals surface area contributed by atoms with Crippen molar-refractivity contribution in [3.63, 3.8) is 0 Å². The standard InChI is InChI=1S/C21H18BrClF3N7O2/c22-16-10-14(23)8-12(17(16)34)11-27-32-19-29-18(30-20(31-19)33-4-6-35-7-5-33)28-15-3-1-2-13(9-15)21(24,25)26/h1-3,8-11,34H,4-7H2,(H2,28,29,30,31,32). The molecule has 0 saturated carbocycles. The third kappa shape index (κ3) is 6.50. The Morgan fingerprint density at radius 1 is 1.11 bits per heavy atom. The van der Waals surface area contributed by atoms with Crippen LogP contribution in [0.3, 0.4) is 0 Å². The van der Waals surface area contributed by atoms with Gasteiger partial charge in [0.2, 0.25) is 17.8 Å². The van der Waals surface area contributed by atoms with Gasteiger partial charge >= 0.3 is 6.18 Å². The van der Waals surface area contributed by atoms with Gasteiger partial charge in [0.1, 0.15) is 5.75 Å². The van der Waals surface area contributed by atoms with Gasteiger partial charge in [-0.2, -0.15) is 33.2 Å². The quantitative estimate of drug-likeness (QED) is 0.279. The molecule has 9 nitrogen and oxygen atoms in total. The van der Waals surface area contributed by atoms with Crippen LogP contribution in [0.1, 0.15) is 11.1 Å². The average molecular weight is 573 g/mol. The molecule has 1 aliphatic heterocycles. The van der Waals surface area contributed by atoms with E-state index < -0.39 is 11.7 Å². The van der Waals surface area contributed by atoms with Crippen molar-refractivity contribution < 1.29 is 23.0 Å². The zero-order valence-corrected chi connectivity index (χ0v) is 20.2. The van der Waals surface area contributed by atoms with Crippen LogP contribution in [0.2, 0.25) is 5.02 Å². The van der Waals surface area contributed by atoms with Crippen LogP contribution in [0.4, 0.5) is 36.7 Å². The van der Waals surface area contributed by atoms with Gasteiger partial charge in [-0.15, -0.1) is 0 Å². The molecule has 4 rings (SSSR count). The minimum atomic E-state index is -4.49. The van der Waals surface area contributed by atoms with Crippen molar-refractivity contribution >= 4 is 57.3 Å². The number of aromatic nitrogens is 3. The summed E-state index contributed by atoms with van der Waals surface area (Å²) in [5, 5.41) is 17.4. The topological polar surface area (TPSA) is 108 Å². The lowest BCUT2D eigenvalue weighted by Gasteiger charge is -2.27. The molecule has 3 aromatic rings. The predicted molar refractivity (Wildman–Crippen MR) is 130 cm³/mol.